The van der Waals surface area contributed by atoms with Crippen LogP contribution in [0.4, 0.5) is 0 Å². The zero-order chi connectivity index (χ0) is 13.9. The van der Waals surface area contributed by atoms with Gasteiger partial charge in [0.25, 0.3) is 5.91 Å². The van der Waals surface area contributed by atoms with E-state index in [1.54, 1.807) is 36.0 Å². The Kier molecular flexibility index (Phi) is 4.71. The molecule has 0 saturated carbocycles. The second kappa shape index (κ2) is 6.11. The van der Waals surface area contributed by atoms with Gasteiger partial charge in [0.1, 0.15) is 10.8 Å². The van der Waals surface area contributed by atoms with Crippen LogP contribution in [0.25, 0.3) is 0 Å². The van der Waals surface area contributed by atoms with E-state index in [0.29, 0.717) is 24.5 Å². The molecule has 0 aliphatic carbocycles. The largest absolute Gasteiger partial charge is 0.380 e. The van der Waals surface area contributed by atoms with Crippen molar-refractivity contribution in [1.82, 2.24) is 9.88 Å². The van der Waals surface area contributed by atoms with Crippen molar-refractivity contribution in [3.8, 4) is 0 Å². The molecule has 0 spiro atoms. The molecule has 0 radical (unpaired) electrons. The highest BCUT2D eigenvalue weighted by molar-refractivity contribution is 7.99. The molecule has 1 fully saturated rings. The molecule has 1 aliphatic heterocycles. The summed E-state index contributed by atoms with van der Waals surface area (Å²) >= 11 is 7.50. The highest BCUT2D eigenvalue weighted by atomic mass is 35.5. The third-order valence-corrected chi connectivity index (χ3v) is 4.48. The average Bonchev–Trinajstić information content (AvgIpc) is 2.41. The van der Waals surface area contributed by atoms with Gasteiger partial charge in [-0.05, 0) is 36.0 Å². The van der Waals surface area contributed by atoms with E-state index >= 15 is 0 Å². The van der Waals surface area contributed by atoms with Crippen molar-refractivity contribution in [3.05, 3.63) is 29.0 Å². The summed E-state index contributed by atoms with van der Waals surface area (Å²) in [5, 5.41) is 10.8. The molecule has 19 heavy (non-hydrogen) atoms. The number of halogens is 1. The molecule has 1 aromatic rings. The maximum atomic E-state index is 12.3. The fraction of sp³-hybridized carbons (Fsp3) is 0.538. The summed E-state index contributed by atoms with van der Waals surface area (Å²) < 4.78 is 0. The number of aliphatic hydroxyl groups is 1. The number of rotatable bonds is 3. The lowest BCUT2D eigenvalue weighted by molar-refractivity contribution is -0.151. The Bertz CT molecular complexity index is 446. The van der Waals surface area contributed by atoms with Crippen LogP contribution in [0, 0.1) is 0 Å². The van der Waals surface area contributed by atoms with E-state index in [1.807, 2.05) is 6.07 Å². The summed E-state index contributed by atoms with van der Waals surface area (Å²) in [7, 11) is 1.71. The van der Waals surface area contributed by atoms with Crippen LogP contribution in [0.15, 0.2) is 18.3 Å². The second-order valence-corrected chi connectivity index (χ2v) is 6.41. The van der Waals surface area contributed by atoms with Gasteiger partial charge in [-0.15, -0.1) is 0 Å². The Morgan fingerprint density at radius 1 is 1.53 bits per heavy atom. The second-order valence-electron chi connectivity index (χ2n) is 4.79. The van der Waals surface area contributed by atoms with E-state index in [2.05, 4.69) is 4.98 Å². The maximum absolute atomic E-state index is 12.3. The fourth-order valence-corrected chi connectivity index (χ4v) is 3.40. The summed E-state index contributed by atoms with van der Waals surface area (Å²) in [4.78, 5) is 17.9. The number of likely N-dealkylation sites (N-methyl/N-ethyl adjacent to an activating group) is 1. The van der Waals surface area contributed by atoms with Crippen molar-refractivity contribution >= 4 is 29.3 Å². The summed E-state index contributed by atoms with van der Waals surface area (Å²) in [6.45, 7) is 0.429. The Hall–Kier alpha value is -0.780. The van der Waals surface area contributed by atoms with Crippen LogP contribution in [0.3, 0.4) is 0 Å². The standard InChI is InChI=1S/C13H17ClN2O2S/c1-16(9-10-2-3-11(14)15-8-10)12(17)13(18)4-6-19-7-5-13/h2-3,8,18H,4-7,9H2,1H3. The lowest BCUT2D eigenvalue weighted by Gasteiger charge is -2.34. The van der Waals surface area contributed by atoms with E-state index in [9.17, 15) is 9.90 Å². The van der Waals surface area contributed by atoms with Crippen LogP contribution in [0.1, 0.15) is 18.4 Å². The number of hydrogen-bond acceptors (Lipinski definition) is 4. The fourth-order valence-electron chi connectivity index (χ4n) is 2.12. The average molecular weight is 301 g/mol. The number of nitrogens with zero attached hydrogens (tertiary/aromatic N) is 2. The normalized spacial score (nSPS) is 18.1. The van der Waals surface area contributed by atoms with Crippen LogP contribution in [-0.2, 0) is 11.3 Å². The molecule has 1 saturated heterocycles. The highest BCUT2D eigenvalue weighted by Crippen LogP contribution is 2.28. The van der Waals surface area contributed by atoms with Gasteiger partial charge in [0.05, 0.1) is 0 Å². The van der Waals surface area contributed by atoms with Gasteiger partial charge >= 0.3 is 0 Å². The Labute approximate surface area is 122 Å². The quantitative estimate of drug-likeness (QED) is 0.867. The summed E-state index contributed by atoms with van der Waals surface area (Å²) in [6.07, 6.45) is 2.70. The smallest absolute Gasteiger partial charge is 0.254 e. The SMILES string of the molecule is CN(Cc1ccc(Cl)nc1)C(=O)C1(O)CCSCC1. The van der Waals surface area contributed by atoms with Crippen LogP contribution in [0.2, 0.25) is 5.15 Å². The van der Waals surface area contributed by atoms with Gasteiger partial charge in [-0.2, -0.15) is 11.8 Å². The number of pyridine rings is 1. The lowest BCUT2D eigenvalue weighted by Crippen LogP contribution is -2.49. The number of aromatic nitrogens is 1. The van der Waals surface area contributed by atoms with Gasteiger partial charge in [0.2, 0.25) is 0 Å². The minimum absolute atomic E-state index is 0.206. The number of carbonyl (C=O) groups excluding carboxylic acids is 1. The lowest BCUT2D eigenvalue weighted by atomic mass is 9.95. The summed E-state index contributed by atoms with van der Waals surface area (Å²) in [6, 6.07) is 3.53. The molecule has 0 aromatic carbocycles. The minimum atomic E-state index is -1.19. The van der Waals surface area contributed by atoms with Gasteiger partial charge in [-0.3, -0.25) is 4.79 Å². The number of thioether (sulfide) groups is 1. The van der Waals surface area contributed by atoms with Crippen molar-refractivity contribution in [1.29, 1.82) is 0 Å². The first kappa shape index (κ1) is 14.6. The van der Waals surface area contributed by atoms with Crippen molar-refractivity contribution in [2.75, 3.05) is 18.6 Å². The molecule has 4 nitrogen and oxygen atoms in total. The van der Waals surface area contributed by atoms with Crippen LogP contribution in [0.5, 0.6) is 0 Å². The molecule has 1 N–H and O–H groups in total. The van der Waals surface area contributed by atoms with Crippen molar-refractivity contribution < 1.29 is 9.90 Å². The van der Waals surface area contributed by atoms with Crippen molar-refractivity contribution in [2.45, 2.75) is 25.0 Å². The molecule has 2 rings (SSSR count). The number of amides is 1. The van der Waals surface area contributed by atoms with Crippen LogP contribution >= 0.6 is 23.4 Å². The van der Waals surface area contributed by atoms with Crippen molar-refractivity contribution in [2.24, 2.45) is 0 Å². The van der Waals surface area contributed by atoms with Crippen LogP contribution < -0.4 is 0 Å². The third kappa shape index (κ3) is 3.61. The van der Waals surface area contributed by atoms with Gasteiger partial charge in [-0.25, -0.2) is 4.98 Å². The van der Waals surface area contributed by atoms with E-state index in [-0.39, 0.29) is 5.91 Å². The molecular formula is C13H17ClN2O2S. The molecular weight excluding hydrogens is 284 g/mol. The predicted molar refractivity (Wildman–Crippen MR) is 77.2 cm³/mol. The number of hydrogen-bond donors (Lipinski definition) is 1. The summed E-state index contributed by atoms with van der Waals surface area (Å²) in [5.74, 6) is 1.46. The topological polar surface area (TPSA) is 53.4 Å². The maximum Gasteiger partial charge on any atom is 0.254 e. The zero-order valence-corrected chi connectivity index (χ0v) is 12.4. The van der Waals surface area contributed by atoms with Gasteiger partial charge in [-0.1, -0.05) is 17.7 Å². The van der Waals surface area contributed by atoms with E-state index in [0.717, 1.165) is 17.1 Å². The molecule has 0 atom stereocenters. The molecule has 0 unspecified atom stereocenters. The Morgan fingerprint density at radius 3 is 2.79 bits per heavy atom. The first-order chi connectivity index (χ1) is 9.01. The Morgan fingerprint density at radius 2 is 2.21 bits per heavy atom. The van der Waals surface area contributed by atoms with Gasteiger partial charge < -0.3 is 10.0 Å². The first-order valence-corrected chi connectivity index (χ1v) is 7.71. The van der Waals surface area contributed by atoms with Crippen molar-refractivity contribution in [3.63, 3.8) is 0 Å². The molecule has 1 aliphatic rings. The van der Waals surface area contributed by atoms with Crippen LogP contribution in [-0.4, -0.2) is 45.1 Å². The zero-order valence-electron chi connectivity index (χ0n) is 10.8. The first-order valence-electron chi connectivity index (χ1n) is 6.17. The summed E-state index contributed by atoms with van der Waals surface area (Å²) in [5.41, 5.74) is -0.297. The minimum Gasteiger partial charge on any atom is -0.380 e. The predicted octanol–water partition coefficient (Wildman–Crippen LogP) is 1.95. The molecule has 1 amide bonds. The molecule has 2 heterocycles. The monoisotopic (exact) mass is 300 g/mol. The molecule has 104 valence electrons. The third-order valence-electron chi connectivity index (χ3n) is 3.27. The molecule has 0 bridgehead atoms. The van der Waals surface area contributed by atoms with E-state index < -0.39 is 5.60 Å². The number of carbonyl (C=O) groups is 1. The molecule has 1 aromatic heterocycles. The van der Waals surface area contributed by atoms with Gasteiger partial charge in [0.15, 0.2) is 0 Å². The highest BCUT2D eigenvalue weighted by Gasteiger charge is 2.39. The van der Waals surface area contributed by atoms with E-state index in [4.69, 9.17) is 11.6 Å². The molecule has 6 heteroatoms. The Balaban J connectivity index is 2.00. The van der Waals surface area contributed by atoms with Gasteiger partial charge in [0, 0.05) is 19.8 Å². The van der Waals surface area contributed by atoms with E-state index in [1.165, 1.54) is 0 Å².